The molecule has 1 aliphatic heterocycles. The van der Waals surface area contributed by atoms with Gasteiger partial charge in [-0.05, 0) is 48.1 Å². The standard InChI is InChI=1S/C24H23Cl2N3O/c25-18-10-17(11-19(26)12-18)20-13-21(20)24(30)28-9-7-23-22(14-28)27-15-29(23)8-6-16-4-2-1-3-5-16/h1-5,10-12,15,20-21H,6-9,13-14H2/t20-,21+/m0/s1. The maximum absolute atomic E-state index is 13.1. The number of hydrogen-bond acceptors (Lipinski definition) is 2. The van der Waals surface area contributed by atoms with E-state index in [4.69, 9.17) is 23.2 Å². The number of rotatable bonds is 5. The predicted molar refractivity (Wildman–Crippen MR) is 119 cm³/mol. The summed E-state index contributed by atoms with van der Waals surface area (Å²) in [4.78, 5) is 19.6. The van der Waals surface area contributed by atoms with Crippen molar-refractivity contribution in [3.63, 3.8) is 0 Å². The second kappa shape index (κ2) is 8.09. The molecule has 2 aromatic carbocycles. The Labute approximate surface area is 186 Å². The molecule has 1 fully saturated rings. The lowest BCUT2D eigenvalue weighted by molar-refractivity contribution is -0.133. The summed E-state index contributed by atoms with van der Waals surface area (Å²) in [5.41, 5.74) is 4.69. The highest BCUT2D eigenvalue weighted by atomic mass is 35.5. The lowest BCUT2D eigenvalue weighted by Gasteiger charge is -2.27. The molecule has 30 heavy (non-hydrogen) atoms. The molecule has 0 N–H and O–H groups in total. The van der Waals surface area contributed by atoms with Crippen LogP contribution in [0.2, 0.25) is 10.0 Å². The van der Waals surface area contributed by atoms with Gasteiger partial charge in [0.25, 0.3) is 0 Å². The molecule has 0 saturated heterocycles. The molecule has 1 saturated carbocycles. The Bertz CT molecular complexity index is 1060. The molecule has 4 nitrogen and oxygen atoms in total. The number of amides is 1. The summed E-state index contributed by atoms with van der Waals surface area (Å²) in [5, 5.41) is 1.25. The van der Waals surface area contributed by atoms with Crippen LogP contribution in [0.1, 0.15) is 34.9 Å². The van der Waals surface area contributed by atoms with Gasteiger partial charge in [-0.3, -0.25) is 4.79 Å². The molecule has 2 heterocycles. The minimum atomic E-state index is 0.0289. The molecule has 3 aromatic rings. The van der Waals surface area contributed by atoms with Gasteiger partial charge in [0.2, 0.25) is 5.91 Å². The molecule has 1 aromatic heterocycles. The number of nitrogens with zero attached hydrogens (tertiary/aromatic N) is 3. The molecule has 2 aliphatic rings. The van der Waals surface area contributed by atoms with Crippen LogP contribution in [-0.2, 0) is 30.7 Å². The summed E-state index contributed by atoms with van der Waals surface area (Å²) >= 11 is 12.3. The average Bonchev–Trinajstić information content (AvgIpc) is 3.45. The Morgan fingerprint density at radius 1 is 1.10 bits per heavy atom. The van der Waals surface area contributed by atoms with Gasteiger partial charge in [-0.15, -0.1) is 0 Å². The first-order chi connectivity index (χ1) is 14.6. The lowest BCUT2D eigenvalue weighted by Crippen LogP contribution is -2.37. The fraction of sp³-hybridized carbons (Fsp3) is 0.333. The first-order valence-corrected chi connectivity index (χ1v) is 11.2. The average molecular weight is 440 g/mol. The van der Waals surface area contributed by atoms with Gasteiger partial charge in [-0.2, -0.15) is 0 Å². The van der Waals surface area contributed by atoms with Crippen LogP contribution in [0.5, 0.6) is 0 Å². The van der Waals surface area contributed by atoms with Crippen molar-refractivity contribution in [2.24, 2.45) is 5.92 Å². The largest absolute Gasteiger partial charge is 0.336 e. The quantitative estimate of drug-likeness (QED) is 0.552. The summed E-state index contributed by atoms with van der Waals surface area (Å²) in [6.45, 7) is 2.27. The molecule has 5 rings (SSSR count). The zero-order chi connectivity index (χ0) is 20.7. The van der Waals surface area contributed by atoms with Crippen molar-refractivity contribution >= 4 is 29.1 Å². The number of benzene rings is 2. The van der Waals surface area contributed by atoms with Crippen LogP contribution < -0.4 is 0 Å². The van der Waals surface area contributed by atoms with E-state index in [1.54, 1.807) is 6.07 Å². The van der Waals surface area contributed by atoms with Gasteiger partial charge < -0.3 is 9.47 Å². The highest BCUT2D eigenvalue weighted by molar-refractivity contribution is 6.34. The molecule has 0 radical (unpaired) electrons. The molecule has 1 aliphatic carbocycles. The number of halogens is 2. The van der Waals surface area contributed by atoms with Gasteiger partial charge in [0.05, 0.1) is 18.6 Å². The Hall–Kier alpha value is -2.30. The van der Waals surface area contributed by atoms with E-state index in [0.29, 0.717) is 16.6 Å². The Morgan fingerprint density at radius 3 is 2.63 bits per heavy atom. The molecule has 6 heteroatoms. The molecule has 0 spiro atoms. The summed E-state index contributed by atoms with van der Waals surface area (Å²) in [6.07, 6.45) is 4.63. The van der Waals surface area contributed by atoms with Crippen LogP contribution >= 0.6 is 23.2 Å². The number of fused-ring (bicyclic) bond motifs is 1. The summed E-state index contributed by atoms with van der Waals surface area (Å²) < 4.78 is 2.25. The summed E-state index contributed by atoms with van der Waals surface area (Å²) in [7, 11) is 0. The van der Waals surface area contributed by atoms with Gasteiger partial charge in [-0.1, -0.05) is 53.5 Å². The van der Waals surface area contributed by atoms with Crippen LogP contribution in [0.4, 0.5) is 0 Å². The number of hydrogen-bond donors (Lipinski definition) is 0. The maximum atomic E-state index is 13.1. The third kappa shape index (κ3) is 3.99. The second-order valence-electron chi connectivity index (χ2n) is 8.23. The van der Waals surface area contributed by atoms with E-state index in [1.165, 1.54) is 11.3 Å². The van der Waals surface area contributed by atoms with E-state index in [1.807, 2.05) is 29.4 Å². The topological polar surface area (TPSA) is 38.1 Å². The zero-order valence-corrected chi connectivity index (χ0v) is 18.1. The molecule has 2 atom stereocenters. The summed E-state index contributed by atoms with van der Waals surface area (Å²) in [6, 6.07) is 16.1. The smallest absolute Gasteiger partial charge is 0.226 e. The highest BCUT2D eigenvalue weighted by Gasteiger charge is 2.46. The minimum Gasteiger partial charge on any atom is -0.336 e. The predicted octanol–water partition coefficient (Wildman–Crippen LogP) is 5.12. The van der Waals surface area contributed by atoms with Gasteiger partial charge in [-0.25, -0.2) is 4.98 Å². The van der Waals surface area contributed by atoms with Crippen molar-refractivity contribution in [2.75, 3.05) is 6.54 Å². The SMILES string of the molecule is O=C([C@@H]1C[C@H]1c1cc(Cl)cc(Cl)c1)N1CCc2c(ncn2CCc2ccccc2)C1. The highest BCUT2D eigenvalue weighted by Crippen LogP contribution is 2.49. The number of aromatic nitrogens is 2. The minimum absolute atomic E-state index is 0.0289. The Balaban J connectivity index is 1.22. The van der Waals surface area contributed by atoms with Crippen LogP contribution in [0.15, 0.2) is 54.9 Å². The van der Waals surface area contributed by atoms with Crippen molar-refractivity contribution in [2.45, 2.75) is 38.3 Å². The molecule has 154 valence electrons. The van der Waals surface area contributed by atoms with Crippen molar-refractivity contribution in [3.05, 3.63) is 87.4 Å². The van der Waals surface area contributed by atoms with Crippen molar-refractivity contribution in [3.8, 4) is 0 Å². The van der Waals surface area contributed by atoms with Gasteiger partial charge in [0.15, 0.2) is 0 Å². The molecule has 0 bridgehead atoms. The normalized spacial score (nSPS) is 20.1. The van der Waals surface area contributed by atoms with E-state index in [0.717, 1.165) is 43.6 Å². The number of carbonyl (C=O) groups is 1. The third-order valence-corrected chi connectivity index (χ3v) is 6.64. The van der Waals surface area contributed by atoms with E-state index in [-0.39, 0.29) is 17.7 Å². The van der Waals surface area contributed by atoms with E-state index < -0.39 is 0 Å². The van der Waals surface area contributed by atoms with E-state index >= 15 is 0 Å². The van der Waals surface area contributed by atoms with Gasteiger partial charge in [0, 0.05) is 41.2 Å². The van der Waals surface area contributed by atoms with Crippen LogP contribution in [0.3, 0.4) is 0 Å². The van der Waals surface area contributed by atoms with Gasteiger partial charge >= 0.3 is 0 Å². The van der Waals surface area contributed by atoms with Crippen LogP contribution in [0, 0.1) is 5.92 Å². The van der Waals surface area contributed by atoms with Gasteiger partial charge in [0.1, 0.15) is 0 Å². The van der Waals surface area contributed by atoms with Crippen LogP contribution in [-0.4, -0.2) is 26.9 Å². The van der Waals surface area contributed by atoms with Crippen LogP contribution in [0.25, 0.3) is 0 Å². The van der Waals surface area contributed by atoms with E-state index in [9.17, 15) is 4.79 Å². The number of imidazole rings is 1. The lowest BCUT2D eigenvalue weighted by atomic mass is 10.1. The first-order valence-electron chi connectivity index (χ1n) is 10.4. The molecular weight excluding hydrogens is 417 g/mol. The summed E-state index contributed by atoms with van der Waals surface area (Å²) in [5.74, 6) is 0.473. The van der Waals surface area contributed by atoms with Crippen molar-refractivity contribution in [1.82, 2.24) is 14.5 Å². The van der Waals surface area contributed by atoms with E-state index in [2.05, 4.69) is 33.8 Å². The molecular formula is C24H23Cl2N3O. The Kier molecular flexibility index (Phi) is 5.30. The molecule has 1 amide bonds. The number of carbonyl (C=O) groups excluding carboxylic acids is 1. The first kappa shape index (κ1) is 19.7. The third-order valence-electron chi connectivity index (χ3n) is 6.21. The number of aryl methyl sites for hydroxylation is 2. The maximum Gasteiger partial charge on any atom is 0.226 e. The van der Waals surface area contributed by atoms with Crippen molar-refractivity contribution < 1.29 is 4.79 Å². The molecule has 0 unspecified atom stereocenters. The fourth-order valence-corrected chi connectivity index (χ4v) is 5.05. The van der Waals surface area contributed by atoms with Crippen molar-refractivity contribution in [1.29, 1.82) is 0 Å². The Morgan fingerprint density at radius 2 is 1.87 bits per heavy atom. The second-order valence-corrected chi connectivity index (χ2v) is 9.10. The zero-order valence-electron chi connectivity index (χ0n) is 16.6. The fourth-order valence-electron chi connectivity index (χ4n) is 4.51. The monoisotopic (exact) mass is 439 g/mol.